The lowest BCUT2D eigenvalue weighted by molar-refractivity contribution is -0.146. The fourth-order valence-electron chi connectivity index (χ4n) is 2.89. The van der Waals surface area contributed by atoms with Crippen LogP contribution in [0.5, 0.6) is 0 Å². The van der Waals surface area contributed by atoms with Gasteiger partial charge < -0.3 is 15.5 Å². The number of amides is 3. The molecule has 1 fully saturated rings. The van der Waals surface area contributed by atoms with E-state index in [1.54, 1.807) is 20.8 Å². The summed E-state index contributed by atoms with van der Waals surface area (Å²) >= 11 is 5.57. The third-order valence-electron chi connectivity index (χ3n) is 4.22. The van der Waals surface area contributed by atoms with Crippen LogP contribution in [0.25, 0.3) is 0 Å². The Balaban J connectivity index is 2.05. The number of likely N-dealkylation sites (tertiary alicyclic amines) is 1. The van der Waals surface area contributed by atoms with E-state index < -0.39 is 46.3 Å². The number of halogens is 3. The molecule has 0 aromatic heterocycles. The van der Waals surface area contributed by atoms with Crippen molar-refractivity contribution >= 4 is 35.0 Å². The van der Waals surface area contributed by atoms with Gasteiger partial charge in [0.25, 0.3) is 0 Å². The Bertz CT molecular complexity index is 719. The number of hydrogen-bond acceptors (Lipinski definition) is 3. The van der Waals surface area contributed by atoms with E-state index in [1.807, 2.05) is 0 Å². The van der Waals surface area contributed by atoms with Gasteiger partial charge in [-0.05, 0) is 33.3 Å². The maximum atomic E-state index is 13.4. The predicted molar refractivity (Wildman–Crippen MR) is 92.6 cm³/mol. The minimum absolute atomic E-state index is 0.0217. The van der Waals surface area contributed by atoms with E-state index in [2.05, 4.69) is 10.6 Å². The molecule has 1 aliphatic heterocycles. The summed E-state index contributed by atoms with van der Waals surface area (Å²) in [5.74, 6) is -4.82. The number of carbonyl (C=O) groups excluding carboxylic acids is 3. The quantitative estimate of drug-likeness (QED) is 0.617. The second-order valence-electron chi connectivity index (χ2n) is 6.51. The van der Waals surface area contributed by atoms with Gasteiger partial charge in [0.1, 0.15) is 0 Å². The van der Waals surface area contributed by atoms with Crippen LogP contribution in [0.3, 0.4) is 0 Å². The van der Waals surface area contributed by atoms with Crippen LogP contribution in [0.15, 0.2) is 12.1 Å². The number of nitrogens with zero attached hydrogens (tertiary/aromatic N) is 1. The molecule has 1 aromatic rings. The fraction of sp³-hybridized carbons (Fsp3) is 0.471. The van der Waals surface area contributed by atoms with Gasteiger partial charge in [-0.3, -0.25) is 14.4 Å². The lowest BCUT2D eigenvalue weighted by Gasteiger charge is -2.24. The van der Waals surface area contributed by atoms with Gasteiger partial charge in [0.15, 0.2) is 11.6 Å². The Morgan fingerprint density at radius 1 is 1.27 bits per heavy atom. The van der Waals surface area contributed by atoms with Crippen molar-refractivity contribution < 1.29 is 23.2 Å². The van der Waals surface area contributed by atoms with Gasteiger partial charge in [-0.2, -0.15) is 0 Å². The van der Waals surface area contributed by atoms with Crippen molar-refractivity contribution in [3.05, 3.63) is 28.8 Å². The highest BCUT2D eigenvalue weighted by molar-refractivity contribution is 6.35. The number of nitrogens with one attached hydrogen (secondary N) is 2. The molecule has 6 nitrogen and oxygen atoms in total. The van der Waals surface area contributed by atoms with Crippen LogP contribution in [0.1, 0.15) is 27.2 Å². The molecule has 0 spiro atoms. The lowest BCUT2D eigenvalue weighted by Crippen LogP contribution is -2.47. The number of carbonyl (C=O) groups is 3. The summed E-state index contributed by atoms with van der Waals surface area (Å²) in [6.07, 6.45) is 0.352. The first-order valence-corrected chi connectivity index (χ1v) is 8.56. The van der Waals surface area contributed by atoms with Crippen molar-refractivity contribution in [2.45, 2.75) is 39.3 Å². The minimum atomic E-state index is -1.19. The summed E-state index contributed by atoms with van der Waals surface area (Å²) in [6.45, 7) is 5.39. The van der Waals surface area contributed by atoms with Crippen molar-refractivity contribution in [3.8, 4) is 0 Å². The van der Waals surface area contributed by atoms with Crippen molar-refractivity contribution in [1.29, 1.82) is 0 Å². The Morgan fingerprint density at radius 2 is 1.92 bits per heavy atom. The summed E-state index contributed by atoms with van der Waals surface area (Å²) in [5, 5.41) is 4.55. The number of anilines is 1. The molecule has 1 aliphatic rings. The van der Waals surface area contributed by atoms with Crippen LogP contribution >= 0.6 is 11.6 Å². The molecule has 1 heterocycles. The van der Waals surface area contributed by atoms with Gasteiger partial charge in [-0.1, -0.05) is 11.6 Å². The molecular weight excluding hydrogens is 368 g/mol. The molecule has 0 saturated carbocycles. The zero-order valence-electron chi connectivity index (χ0n) is 14.6. The van der Waals surface area contributed by atoms with E-state index >= 15 is 0 Å². The average molecular weight is 388 g/mol. The molecule has 2 atom stereocenters. The van der Waals surface area contributed by atoms with Gasteiger partial charge in [-0.15, -0.1) is 0 Å². The largest absolute Gasteiger partial charge is 0.346 e. The molecule has 3 amide bonds. The maximum absolute atomic E-state index is 13.4. The summed E-state index contributed by atoms with van der Waals surface area (Å²) in [6, 6.07) is 1.25. The Kier molecular flexibility index (Phi) is 6.17. The summed E-state index contributed by atoms with van der Waals surface area (Å²) in [7, 11) is 0. The SMILES string of the molecule is CC(C)NC(=O)C(=O)N1CCC(C(=O)Nc2cc(F)c(F)c(Cl)c2)[C@@H]1C. The highest BCUT2D eigenvalue weighted by Crippen LogP contribution is 2.27. The highest BCUT2D eigenvalue weighted by atomic mass is 35.5. The zero-order chi connectivity index (χ0) is 19.6. The normalized spacial score (nSPS) is 19.6. The van der Waals surface area contributed by atoms with E-state index in [1.165, 1.54) is 4.90 Å². The second kappa shape index (κ2) is 7.99. The van der Waals surface area contributed by atoms with E-state index in [-0.39, 0.29) is 18.3 Å². The van der Waals surface area contributed by atoms with E-state index in [4.69, 9.17) is 11.6 Å². The van der Waals surface area contributed by atoms with Gasteiger partial charge in [0, 0.05) is 30.4 Å². The Labute approximate surface area is 154 Å². The van der Waals surface area contributed by atoms with E-state index in [9.17, 15) is 23.2 Å². The number of hydrogen-bond donors (Lipinski definition) is 2. The third kappa shape index (κ3) is 4.30. The Hall–Kier alpha value is -2.22. The molecule has 1 aromatic carbocycles. The minimum Gasteiger partial charge on any atom is -0.346 e. The molecular formula is C17H20ClF2N3O3. The average Bonchev–Trinajstić information content (AvgIpc) is 2.92. The molecule has 142 valence electrons. The lowest BCUT2D eigenvalue weighted by atomic mass is 10.0. The first-order chi connectivity index (χ1) is 12.1. The molecule has 2 rings (SSSR count). The zero-order valence-corrected chi connectivity index (χ0v) is 15.4. The van der Waals surface area contributed by atoms with E-state index in [0.29, 0.717) is 6.42 Å². The molecule has 0 bridgehead atoms. The topological polar surface area (TPSA) is 78.5 Å². The number of rotatable bonds is 3. The van der Waals surface area contributed by atoms with Crippen molar-refractivity contribution in [3.63, 3.8) is 0 Å². The molecule has 26 heavy (non-hydrogen) atoms. The monoisotopic (exact) mass is 387 g/mol. The van der Waals surface area contributed by atoms with Crippen LogP contribution in [-0.2, 0) is 14.4 Å². The van der Waals surface area contributed by atoms with Crippen LogP contribution in [-0.4, -0.2) is 41.2 Å². The first kappa shape index (κ1) is 20.1. The standard InChI is InChI=1S/C17H20ClF2N3O3/c1-8(2)21-16(25)17(26)23-5-4-11(9(23)3)15(24)22-10-6-12(18)14(20)13(19)7-10/h6-9,11H,4-5H2,1-3H3,(H,21,25)(H,22,24)/t9-,11?/m0/s1. The third-order valence-corrected chi connectivity index (χ3v) is 4.49. The van der Waals surface area contributed by atoms with Gasteiger partial charge in [0.2, 0.25) is 5.91 Å². The van der Waals surface area contributed by atoms with Crippen LogP contribution in [0.4, 0.5) is 14.5 Å². The molecule has 2 N–H and O–H groups in total. The maximum Gasteiger partial charge on any atom is 0.312 e. The number of benzene rings is 1. The van der Waals surface area contributed by atoms with Crippen molar-refractivity contribution in [2.24, 2.45) is 5.92 Å². The van der Waals surface area contributed by atoms with Gasteiger partial charge in [-0.25, -0.2) is 8.78 Å². The predicted octanol–water partition coefficient (Wildman–Crippen LogP) is 2.32. The Morgan fingerprint density at radius 3 is 2.50 bits per heavy atom. The highest BCUT2D eigenvalue weighted by Gasteiger charge is 2.40. The molecule has 0 aliphatic carbocycles. The van der Waals surface area contributed by atoms with Gasteiger partial charge in [0.05, 0.1) is 10.9 Å². The molecule has 0 radical (unpaired) electrons. The first-order valence-electron chi connectivity index (χ1n) is 8.18. The second-order valence-corrected chi connectivity index (χ2v) is 6.91. The fourth-order valence-corrected chi connectivity index (χ4v) is 3.10. The molecule has 1 saturated heterocycles. The summed E-state index contributed by atoms with van der Waals surface area (Å²) in [5.41, 5.74) is 0.0217. The summed E-state index contributed by atoms with van der Waals surface area (Å²) in [4.78, 5) is 37.9. The smallest absolute Gasteiger partial charge is 0.312 e. The van der Waals surface area contributed by atoms with Gasteiger partial charge >= 0.3 is 11.8 Å². The summed E-state index contributed by atoms with van der Waals surface area (Å²) < 4.78 is 26.6. The molecule has 9 heteroatoms. The van der Waals surface area contributed by atoms with Crippen LogP contribution in [0.2, 0.25) is 5.02 Å². The molecule has 1 unspecified atom stereocenters. The van der Waals surface area contributed by atoms with Crippen molar-refractivity contribution in [2.75, 3.05) is 11.9 Å². The van der Waals surface area contributed by atoms with E-state index in [0.717, 1.165) is 12.1 Å². The van der Waals surface area contributed by atoms with Crippen molar-refractivity contribution in [1.82, 2.24) is 10.2 Å². The van der Waals surface area contributed by atoms with Crippen LogP contribution < -0.4 is 10.6 Å². The van der Waals surface area contributed by atoms with Crippen LogP contribution in [0, 0.1) is 17.6 Å².